The molecule has 0 saturated carbocycles. The summed E-state index contributed by atoms with van der Waals surface area (Å²) >= 11 is 3.41. The highest BCUT2D eigenvalue weighted by Gasteiger charge is 2.19. The second-order valence-electron chi connectivity index (χ2n) is 6.30. The molecule has 0 bridgehead atoms. The van der Waals surface area contributed by atoms with Crippen molar-refractivity contribution in [3.05, 3.63) is 58.6 Å². The Bertz CT molecular complexity index is 817. The van der Waals surface area contributed by atoms with Gasteiger partial charge >= 0.3 is 0 Å². The standard InChI is InChI=1S/C20H21BrN4O/c21-17-6-3-7-18(13-17)23-20(26)15-24-9-4-10-25(12-11-24)19-8-2-1-5-16(19)14-22/h1-3,5-8,13H,4,9-12,15H2,(H,23,26). The highest BCUT2D eigenvalue weighted by atomic mass is 79.9. The predicted molar refractivity (Wildman–Crippen MR) is 107 cm³/mol. The summed E-state index contributed by atoms with van der Waals surface area (Å²) < 4.78 is 0.942. The Labute approximate surface area is 162 Å². The van der Waals surface area contributed by atoms with Crippen molar-refractivity contribution in [3.8, 4) is 6.07 Å². The minimum Gasteiger partial charge on any atom is -0.369 e. The van der Waals surface area contributed by atoms with Crippen LogP contribution in [0.3, 0.4) is 0 Å². The van der Waals surface area contributed by atoms with Crippen LogP contribution in [-0.4, -0.2) is 43.5 Å². The molecule has 0 aromatic heterocycles. The molecular formula is C20H21BrN4O. The van der Waals surface area contributed by atoms with Gasteiger partial charge in [-0.25, -0.2) is 0 Å². The van der Waals surface area contributed by atoms with E-state index in [4.69, 9.17) is 0 Å². The van der Waals surface area contributed by atoms with Crippen LogP contribution in [0.4, 0.5) is 11.4 Å². The zero-order chi connectivity index (χ0) is 18.4. The lowest BCUT2D eigenvalue weighted by Crippen LogP contribution is -2.36. The molecule has 1 N–H and O–H groups in total. The zero-order valence-electron chi connectivity index (χ0n) is 14.5. The first-order valence-electron chi connectivity index (χ1n) is 8.67. The van der Waals surface area contributed by atoms with Gasteiger partial charge in [0.2, 0.25) is 5.91 Å². The topological polar surface area (TPSA) is 59.4 Å². The van der Waals surface area contributed by atoms with Crippen LogP contribution in [-0.2, 0) is 4.79 Å². The number of nitrogens with one attached hydrogen (secondary N) is 1. The van der Waals surface area contributed by atoms with Crippen LogP contribution < -0.4 is 10.2 Å². The van der Waals surface area contributed by atoms with Crippen molar-refractivity contribution in [2.24, 2.45) is 0 Å². The van der Waals surface area contributed by atoms with E-state index in [0.29, 0.717) is 12.1 Å². The fourth-order valence-corrected chi connectivity index (χ4v) is 3.58. The van der Waals surface area contributed by atoms with Crippen LogP contribution in [0.25, 0.3) is 0 Å². The molecule has 26 heavy (non-hydrogen) atoms. The van der Waals surface area contributed by atoms with Crippen molar-refractivity contribution in [2.45, 2.75) is 6.42 Å². The van der Waals surface area contributed by atoms with E-state index in [0.717, 1.165) is 48.4 Å². The van der Waals surface area contributed by atoms with Crippen molar-refractivity contribution >= 4 is 33.2 Å². The van der Waals surface area contributed by atoms with Crippen LogP contribution in [0.2, 0.25) is 0 Å². The molecule has 0 aliphatic carbocycles. The van der Waals surface area contributed by atoms with Crippen molar-refractivity contribution in [1.82, 2.24) is 4.90 Å². The fourth-order valence-electron chi connectivity index (χ4n) is 3.18. The summed E-state index contributed by atoms with van der Waals surface area (Å²) in [5, 5.41) is 12.3. The van der Waals surface area contributed by atoms with E-state index < -0.39 is 0 Å². The number of anilines is 2. The summed E-state index contributed by atoms with van der Waals surface area (Å²) in [6, 6.07) is 17.6. The molecule has 6 heteroatoms. The molecule has 1 saturated heterocycles. The third kappa shape index (κ3) is 4.84. The lowest BCUT2D eigenvalue weighted by atomic mass is 10.1. The maximum atomic E-state index is 12.3. The monoisotopic (exact) mass is 412 g/mol. The second-order valence-corrected chi connectivity index (χ2v) is 7.22. The van der Waals surface area contributed by atoms with Gasteiger partial charge in [-0.05, 0) is 36.8 Å². The summed E-state index contributed by atoms with van der Waals surface area (Å²) in [5.74, 6) is -0.00558. The normalized spacial score (nSPS) is 15.2. The number of hydrogen-bond acceptors (Lipinski definition) is 4. The van der Waals surface area contributed by atoms with Crippen LogP contribution in [0.1, 0.15) is 12.0 Å². The first-order chi connectivity index (χ1) is 12.7. The summed E-state index contributed by atoms with van der Waals surface area (Å²) in [6.07, 6.45) is 0.962. The number of benzene rings is 2. The fraction of sp³-hybridized carbons (Fsp3) is 0.300. The number of nitrogens with zero attached hydrogens (tertiary/aromatic N) is 3. The van der Waals surface area contributed by atoms with E-state index in [9.17, 15) is 10.1 Å². The van der Waals surface area contributed by atoms with Gasteiger partial charge in [0.05, 0.1) is 17.8 Å². The van der Waals surface area contributed by atoms with Crippen LogP contribution in [0.5, 0.6) is 0 Å². The predicted octanol–water partition coefficient (Wildman–Crippen LogP) is 3.47. The highest BCUT2D eigenvalue weighted by molar-refractivity contribution is 9.10. The van der Waals surface area contributed by atoms with E-state index in [2.05, 4.69) is 37.1 Å². The third-order valence-corrected chi connectivity index (χ3v) is 4.92. The molecule has 1 aliphatic rings. The smallest absolute Gasteiger partial charge is 0.238 e. The number of halogens is 1. The van der Waals surface area contributed by atoms with Gasteiger partial charge in [0.1, 0.15) is 6.07 Å². The molecule has 1 heterocycles. The third-order valence-electron chi connectivity index (χ3n) is 4.43. The summed E-state index contributed by atoms with van der Waals surface area (Å²) in [5.41, 5.74) is 2.48. The lowest BCUT2D eigenvalue weighted by molar-refractivity contribution is -0.117. The van der Waals surface area contributed by atoms with Crippen LogP contribution in [0, 0.1) is 11.3 Å². The summed E-state index contributed by atoms with van der Waals surface area (Å²) in [7, 11) is 0. The Hall–Kier alpha value is -2.36. The molecule has 0 unspecified atom stereocenters. The van der Waals surface area contributed by atoms with Crippen LogP contribution >= 0.6 is 15.9 Å². The van der Waals surface area contributed by atoms with E-state index in [1.165, 1.54) is 0 Å². The van der Waals surface area contributed by atoms with Gasteiger partial charge in [-0.3, -0.25) is 9.69 Å². The molecule has 1 aliphatic heterocycles. The van der Waals surface area contributed by atoms with Gasteiger partial charge in [-0.1, -0.05) is 34.1 Å². The zero-order valence-corrected chi connectivity index (χ0v) is 16.1. The van der Waals surface area contributed by atoms with E-state index in [1.807, 2.05) is 48.5 Å². The number of amides is 1. The summed E-state index contributed by atoms with van der Waals surface area (Å²) in [4.78, 5) is 16.7. The number of hydrogen-bond donors (Lipinski definition) is 1. The van der Waals surface area contributed by atoms with E-state index in [1.54, 1.807) is 0 Å². The minimum absolute atomic E-state index is 0.00558. The molecule has 0 radical (unpaired) electrons. The van der Waals surface area contributed by atoms with E-state index >= 15 is 0 Å². The molecule has 134 valence electrons. The quantitative estimate of drug-likeness (QED) is 0.834. The average molecular weight is 413 g/mol. The Balaban J connectivity index is 1.57. The molecule has 2 aromatic carbocycles. The SMILES string of the molecule is N#Cc1ccccc1N1CCCN(CC(=O)Nc2cccc(Br)c2)CC1. The number of para-hydroxylation sites is 1. The lowest BCUT2D eigenvalue weighted by Gasteiger charge is -2.24. The maximum absolute atomic E-state index is 12.3. The Morgan fingerprint density at radius 2 is 1.96 bits per heavy atom. The molecular weight excluding hydrogens is 392 g/mol. The number of carbonyl (C=O) groups is 1. The minimum atomic E-state index is -0.00558. The Morgan fingerprint density at radius 3 is 2.77 bits per heavy atom. The summed E-state index contributed by atoms with van der Waals surface area (Å²) in [6.45, 7) is 3.74. The van der Waals surface area contributed by atoms with Crippen molar-refractivity contribution in [3.63, 3.8) is 0 Å². The van der Waals surface area contributed by atoms with Gasteiger partial charge in [0, 0.05) is 36.3 Å². The van der Waals surface area contributed by atoms with Gasteiger partial charge in [-0.15, -0.1) is 0 Å². The molecule has 1 amide bonds. The number of rotatable bonds is 4. The molecule has 0 atom stereocenters. The average Bonchev–Trinajstić information content (AvgIpc) is 2.87. The molecule has 5 nitrogen and oxygen atoms in total. The van der Waals surface area contributed by atoms with Gasteiger partial charge in [-0.2, -0.15) is 5.26 Å². The molecule has 0 spiro atoms. The maximum Gasteiger partial charge on any atom is 0.238 e. The Morgan fingerprint density at radius 1 is 1.12 bits per heavy atom. The van der Waals surface area contributed by atoms with Crippen molar-refractivity contribution in [2.75, 3.05) is 42.9 Å². The van der Waals surface area contributed by atoms with Gasteiger partial charge < -0.3 is 10.2 Å². The Kier molecular flexibility index (Phi) is 6.26. The van der Waals surface area contributed by atoms with Crippen molar-refractivity contribution in [1.29, 1.82) is 5.26 Å². The first kappa shape index (κ1) is 18.4. The van der Waals surface area contributed by atoms with Gasteiger partial charge in [0.15, 0.2) is 0 Å². The van der Waals surface area contributed by atoms with Crippen molar-refractivity contribution < 1.29 is 4.79 Å². The number of nitriles is 1. The van der Waals surface area contributed by atoms with Crippen LogP contribution in [0.15, 0.2) is 53.0 Å². The first-order valence-corrected chi connectivity index (χ1v) is 9.47. The second kappa shape index (κ2) is 8.84. The molecule has 1 fully saturated rings. The highest BCUT2D eigenvalue weighted by Crippen LogP contribution is 2.21. The van der Waals surface area contributed by atoms with E-state index in [-0.39, 0.29) is 5.91 Å². The molecule has 3 rings (SSSR count). The number of carbonyl (C=O) groups excluding carboxylic acids is 1. The van der Waals surface area contributed by atoms with Gasteiger partial charge in [0.25, 0.3) is 0 Å². The molecule has 2 aromatic rings. The largest absolute Gasteiger partial charge is 0.369 e.